The molecule has 0 aromatic carbocycles. The van der Waals surface area contributed by atoms with E-state index in [0.29, 0.717) is 0 Å². The lowest BCUT2D eigenvalue weighted by atomic mass is 10.2. The van der Waals surface area contributed by atoms with Crippen LogP contribution in [-0.4, -0.2) is 34.4 Å². The zero-order valence-corrected chi connectivity index (χ0v) is 6.43. The second-order valence-corrected chi connectivity index (χ2v) is 2.75. The number of aliphatic hydroxyl groups is 2. The fourth-order valence-electron chi connectivity index (χ4n) is 0.531. The van der Waals surface area contributed by atoms with E-state index < -0.39 is 32.4 Å². The number of hydrogen-bond donors (Lipinski definition) is 2. The Hall–Kier alpha value is -1.04. The molecule has 0 aromatic rings. The average Bonchev–Trinajstić information content (AvgIpc) is 2.05. The Bertz CT molecular complexity index is 224. The average molecular weight is 195 g/mol. The zero-order valence-electron chi connectivity index (χ0n) is 5.54. The van der Waals surface area contributed by atoms with Crippen molar-refractivity contribution in [1.29, 1.82) is 0 Å². The summed E-state index contributed by atoms with van der Waals surface area (Å²) >= 11 is 0. The van der Waals surface area contributed by atoms with Crippen LogP contribution in [0.5, 0.6) is 0 Å². The molecule has 8 heteroatoms. The third-order valence-corrected chi connectivity index (χ3v) is 1.77. The van der Waals surface area contributed by atoms with Crippen LogP contribution in [0.2, 0.25) is 0 Å². The van der Waals surface area contributed by atoms with Crippen molar-refractivity contribution in [3.8, 4) is 0 Å². The SMILES string of the molecule is O=C1O[P+](=O)OC(=O)C(O)C1O. The molecule has 0 aliphatic carbocycles. The summed E-state index contributed by atoms with van der Waals surface area (Å²) in [5.74, 6) is -2.70. The van der Waals surface area contributed by atoms with Gasteiger partial charge < -0.3 is 10.2 Å². The maximum atomic E-state index is 10.5. The van der Waals surface area contributed by atoms with Crippen LogP contribution in [0.1, 0.15) is 0 Å². The number of rotatable bonds is 0. The number of carbonyl (C=O) groups excluding carboxylic acids is 2. The van der Waals surface area contributed by atoms with Crippen molar-refractivity contribution in [3.05, 3.63) is 0 Å². The third-order valence-electron chi connectivity index (χ3n) is 1.11. The Morgan fingerprint density at radius 2 is 1.42 bits per heavy atom. The summed E-state index contributed by atoms with van der Waals surface area (Å²) in [7, 11) is -2.92. The minimum Gasteiger partial charge on any atom is -0.378 e. The van der Waals surface area contributed by atoms with Crippen LogP contribution < -0.4 is 0 Å². The van der Waals surface area contributed by atoms with E-state index >= 15 is 0 Å². The number of hydrogen-bond acceptors (Lipinski definition) is 7. The molecule has 1 heterocycles. The molecule has 2 atom stereocenters. The monoisotopic (exact) mass is 195 g/mol. The second kappa shape index (κ2) is 3.14. The van der Waals surface area contributed by atoms with Gasteiger partial charge >= 0.3 is 20.2 Å². The van der Waals surface area contributed by atoms with E-state index in [9.17, 15) is 14.2 Å². The van der Waals surface area contributed by atoms with Crippen LogP contribution >= 0.6 is 8.25 Å². The van der Waals surface area contributed by atoms with Crippen LogP contribution in [0.4, 0.5) is 0 Å². The lowest BCUT2D eigenvalue weighted by Crippen LogP contribution is -2.38. The molecule has 1 aliphatic heterocycles. The molecule has 2 unspecified atom stereocenters. The van der Waals surface area contributed by atoms with Crippen LogP contribution in [0, 0.1) is 0 Å². The highest BCUT2D eigenvalue weighted by Crippen LogP contribution is 2.28. The third kappa shape index (κ3) is 1.58. The fourth-order valence-corrected chi connectivity index (χ4v) is 1.08. The summed E-state index contributed by atoms with van der Waals surface area (Å²) in [6.45, 7) is 0. The Balaban J connectivity index is 2.87. The van der Waals surface area contributed by atoms with E-state index in [0.717, 1.165) is 0 Å². The Morgan fingerprint density at radius 1 is 1.08 bits per heavy atom. The standard InChI is InChI=1S/C4H4O7P/c5-1-2(6)4(8)11-12(9)10-3(1)7/h1-2,5-6H/q+1. The Morgan fingerprint density at radius 3 is 1.75 bits per heavy atom. The summed E-state index contributed by atoms with van der Waals surface area (Å²) < 4.78 is 18.2. The molecule has 1 saturated heterocycles. The van der Waals surface area contributed by atoms with Gasteiger partial charge in [-0.05, 0) is 0 Å². The molecule has 1 aliphatic rings. The summed E-state index contributed by atoms with van der Waals surface area (Å²) in [5.41, 5.74) is 0. The summed E-state index contributed by atoms with van der Waals surface area (Å²) in [4.78, 5) is 21.1. The zero-order chi connectivity index (χ0) is 9.30. The number of carbonyl (C=O) groups is 2. The molecule has 1 rings (SSSR count). The largest absolute Gasteiger partial charge is 0.811 e. The molecule has 0 bridgehead atoms. The molecular formula is C4H4O7P+. The molecule has 66 valence electrons. The van der Waals surface area contributed by atoms with Gasteiger partial charge in [-0.2, -0.15) is 9.05 Å². The fraction of sp³-hybridized carbons (Fsp3) is 0.500. The quantitative estimate of drug-likeness (QED) is 0.451. The molecule has 2 N–H and O–H groups in total. The van der Waals surface area contributed by atoms with Gasteiger partial charge in [0.05, 0.1) is 0 Å². The smallest absolute Gasteiger partial charge is 0.378 e. The topological polar surface area (TPSA) is 110 Å². The first-order chi connectivity index (χ1) is 5.52. The molecule has 0 spiro atoms. The first-order valence-electron chi connectivity index (χ1n) is 2.79. The van der Waals surface area contributed by atoms with E-state index in [4.69, 9.17) is 10.2 Å². The van der Waals surface area contributed by atoms with Gasteiger partial charge in [0, 0.05) is 4.57 Å². The van der Waals surface area contributed by atoms with E-state index in [-0.39, 0.29) is 0 Å². The molecule has 0 radical (unpaired) electrons. The van der Waals surface area contributed by atoms with E-state index in [1.165, 1.54) is 0 Å². The molecule has 1 fully saturated rings. The van der Waals surface area contributed by atoms with Crippen LogP contribution in [-0.2, 0) is 23.2 Å². The molecule has 0 aromatic heterocycles. The van der Waals surface area contributed by atoms with Gasteiger partial charge in [-0.3, -0.25) is 0 Å². The number of aliphatic hydroxyl groups excluding tert-OH is 2. The summed E-state index contributed by atoms with van der Waals surface area (Å²) in [5, 5.41) is 17.5. The molecule has 7 nitrogen and oxygen atoms in total. The minimum absolute atomic E-state index is 1.35. The van der Waals surface area contributed by atoms with Crippen molar-refractivity contribution in [3.63, 3.8) is 0 Å². The van der Waals surface area contributed by atoms with Gasteiger partial charge in [-0.1, -0.05) is 0 Å². The highest BCUT2D eigenvalue weighted by molar-refractivity contribution is 7.34. The summed E-state index contributed by atoms with van der Waals surface area (Å²) in [6.07, 6.45) is -4.09. The van der Waals surface area contributed by atoms with Crippen LogP contribution in [0.15, 0.2) is 0 Å². The maximum absolute atomic E-state index is 10.5. The highest BCUT2D eigenvalue weighted by atomic mass is 31.1. The van der Waals surface area contributed by atoms with Gasteiger partial charge in [-0.25, -0.2) is 9.59 Å². The predicted octanol–water partition coefficient (Wildman–Crippen LogP) is -1.53. The minimum atomic E-state index is -2.92. The first kappa shape index (κ1) is 9.05. The van der Waals surface area contributed by atoms with Crippen molar-refractivity contribution < 1.29 is 33.4 Å². The van der Waals surface area contributed by atoms with Crippen molar-refractivity contribution >= 4 is 20.2 Å². The van der Waals surface area contributed by atoms with Crippen LogP contribution in [0.25, 0.3) is 0 Å². The van der Waals surface area contributed by atoms with Gasteiger partial charge in [0.2, 0.25) is 0 Å². The highest BCUT2D eigenvalue weighted by Gasteiger charge is 2.47. The van der Waals surface area contributed by atoms with Gasteiger partial charge in [0.25, 0.3) is 0 Å². The molecule has 0 saturated carbocycles. The van der Waals surface area contributed by atoms with Gasteiger partial charge in [0.1, 0.15) is 0 Å². The normalized spacial score (nSPS) is 33.7. The first-order valence-corrected chi connectivity index (χ1v) is 3.89. The Kier molecular flexibility index (Phi) is 2.37. The van der Waals surface area contributed by atoms with Crippen LogP contribution in [0.3, 0.4) is 0 Å². The van der Waals surface area contributed by atoms with Gasteiger partial charge in [-0.15, -0.1) is 0 Å². The van der Waals surface area contributed by atoms with Gasteiger partial charge in [0.15, 0.2) is 12.2 Å². The van der Waals surface area contributed by atoms with Crippen molar-refractivity contribution in [2.45, 2.75) is 12.2 Å². The molecular weight excluding hydrogens is 191 g/mol. The van der Waals surface area contributed by atoms with Crippen molar-refractivity contribution in [2.75, 3.05) is 0 Å². The lowest BCUT2D eigenvalue weighted by Gasteiger charge is -2.03. The molecule has 0 amide bonds. The lowest BCUT2D eigenvalue weighted by molar-refractivity contribution is -0.156. The van der Waals surface area contributed by atoms with E-state index in [1.807, 2.05) is 0 Å². The van der Waals surface area contributed by atoms with E-state index in [2.05, 4.69) is 9.05 Å². The predicted molar refractivity (Wildman–Crippen MR) is 31.8 cm³/mol. The van der Waals surface area contributed by atoms with Crippen molar-refractivity contribution in [2.24, 2.45) is 0 Å². The molecule has 12 heavy (non-hydrogen) atoms. The maximum Gasteiger partial charge on any atom is 0.811 e. The van der Waals surface area contributed by atoms with Crippen molar-refractivity contribution in [1.82, 2.24) is 0 Å². The van der Waals surface area contributed by atoms with E-state index in [1.54, 1.807) is 0 Å². The summed E-state index contributed by atoms with van der Waals surface area (Å²) in [6, 6.07) is 0. The second-order valence-electron chi connectivity index (χ2n) is 1.93. The Labute approximate surface area is 66.8 Å².